The molecular formula is C17H22F2N4O. The van der Waals surface area contributed by atoms with Crippen molar-refractivity contribution in [3.8, 4) is 0 Å². The van der Waals surface area contributed by atoms with E-state index in [1.165, 1.54) is 0 Å². The lowest BCUT2D eigenvalue weighted by atomic mass is 10.0. The number of hydrogen-bond donors (Lipinski definition) is 2. The first-order valence-corrected chi connectivity index (χ1v) is 8.05. The Morgan fingerprint density at radius 2 is 2.17 bits per heavy atom. The number of hydrogen-bond acceptors (Lipinski definition) is 2. The van der Waals surface area contributed by atoms with Gasteiger partial charge in [0, 0.05) is 31.0 Å². The molecule has 5 nitrogen and oxygen atoms in total. The topological polar surface area (TPSA) is 59.0 Å². The van der Waals surface area contributed by atoms with Crippen molar-refractivity contribution >= 4 is 6.03 Å². The lowest BCUT2D eigenvalue weighted by Gasteiger charge is -2.18. The number of halogens is 2. The van der Waals surface area contributed by atoms with Crippen LogP contribution in [0.2, 0.25) is 0 Å². The van der Waals surface area contributed by atoms with Gasteiger partial charge >= 0.3 is 6.03 Å². The van der Waals surface area contributed by atoms with E-state index in [4.69, 9.17) is 0 Å². The summed E-state index contributed by atoms with van der Waals surface area (Å²) in [7, 11) is 0. The van der Waals surface area contributed by atoms with E-state index in [1.807, 2.05) is 10.8 Å². The SMILES string of the molecule is CC[C@H](NC(=O)NCCCCn1ccnc1)c1cc(F)ccc1F. The average Bonchev–Trinajstić information content (AvgIpc) is 3.08. The van der Waals surface area contributed by atoms with E-state index < -0.39 is 17.7 Å². The molecule has 2 amide bonds. The summed E-state index contributed by atoms with van der Waals surface area (Å²) in [5.41, 5.74) is 0.160. The molecule has 24 heavy (non-hydrogen) atoms. The van der Waals surface area contributed by atoms with Crippen LogP contribution in [0.25, 0.3) is 0 Å². The maximum Gasteiger partial charge on any atom is 0.315 e. The normalized spacial score (nSPS) is 12.0. The molecule has 1 aromatic carbocycles. The number of nitrogens with one attached hydrogen (secondary N) is 2. The van der Waals surface area contributed by atoms with Crippen molar-refractivity contribution in [3.63, 3.8) is 0 Å². The van der Waals surface area contributed by atoms with E-state index in [9.17, 15) is 13.6 Å². The first-order chi connectivity index (χ1) is 11.6. The van der Waals surface area contributed by atoms with Gasteiger partial charge in [0.1, 0.15) is 11.6 Å². The van der Waals surface area contributed by atoms with E-state index in [1.54, 1.807) is 19.4 Å². The van der Waals surface area contributed by atoms with Crippen LogP contribution in [0.1, 0.15) is 37.8 Å². The number of aryl methyl sites for hydroxylation is 1. The number of carbonyl (C=O) groups excluding carboxylic acids is 1. The highest BCUT2D eigenvalue weighted by Gasteiger charge is 2.17. The summed E-state index contributed by atoms with van der Waals surface area (Å²) in [5, 5.41) is 5.42. The van der Waals surface area contributed by atoms with Crippen LogP contribution in [0, 0.1) is 11.6 Å². The maximum absolute atomic E-state index is 13.8. The summed E-state index contributed by atoms with van der Waals surface area (Å²) in [5.74, 6) is -1.05. The number of urea groups is 1. The Morgan fingerprint density at radius 1 is 1.33 bits per heavy atom. The van der Waals surface area contributed by atoms with Gasteiger partial charge < -0.3 is 15.2 Å². The predicted octanol–water partition coefficient (Wildman–Crippen LogP) is 3.39. The van der Waals surface area contributed by atoms with Gasteiger partial charge in [-0.2, -0.15) is 0 Å². The summed E-state index contributed by atoms with van der Waals surface area (Å²) in [6.45, 7) is 3.17. The van der Waals surface area contributed by atoms with Gasteiger partial charge in [-0.3, -0.25) is 0 Å². The molecule has 1 heterocycles. The molecule has 0 saturated carbocycles. The molecule has 0 fully saturated rings. The Bertz CT molecular complexity index is 646. The van der Waals surface area contributed by atoms with Crippen molar-refractivity contribution in [1.82, 2.24) is 20.2 Å². The smallest absolute Gasteiger partial charge is 0.315 e. The summed E-state index contributed by atoms with van der Waals surface area (Å²) < 4.78 is 29.1. The summed E-state index contributed by atoms with van der Waals surface area (Å²) in [6.07, 6.45) is 7.55. The zero-order chi connectivity index (χ0) is 17.4. The van der Waals surface area contributed by atoms with Crippen LogP contribution in [0.3, 0.4) is 0 Å². The fourth-order valence-corrected chi connectivity index (χ4v) is 2.43. The van der Waals surface area contributed by atoms with Gasteiger partial charge in [-0.15, -0.1) is 0 Å². The largest absolute Gasteiger partial charge is 0.338 e. The average molecular weight is 336 g/mol. The number of amides is 2. The minimum atomic E-state index is -0.563. The van der Waals surface area contributed by atoms with E-state index in [2.05, 4.69) is 15.6 Å². The second-order valence-electron chi connectivity index (χ2n) is 5.53. The molecule has 2 rings (SSSR count). The van der Waals surface area contributed by atoms with Gasteiger partial charge in [-0.1, -0.05) is 6.92 Å². The predicted molar refractivity (Wildman–Crippen MR) is 87.4 cm³/mol. The monoisotopic (exact) mass is 336 g/mol. The van der Waals surface area contributed by atoms with Crippen molar-refractivity contribution in [2.45, 2.75) is 38.8 Å². The van der Waals surface area contributed by atoms with Crippen molar-refractivity contribution in [2.75, 3.05) is 6.54 Å². The molecule has 0 aliphatic heterocycles. The second-order valence-corrected chi connectivity index (χ2v) is 5.53. The zero-order valence-corrected chi connectivity index (χ0v) is 13.6. The minimum Gasteiger partial charge on any atom is -0.338 e. The maximum atomic E-state index is 13.8. The fourth-order valence-electron chi connectivity index (χ4n) is 2.43. The molecule has 7 heteroatoms. The highest BCUT2D eigenvalue weighted by Crippen LogP contribution is 2.21. The zero-order valence-electron chi connectivity index (χ0n) is 13.6. The molecule has 0 bridgehead atoms. The van der Waals surface area contributed by atoms with Gasteiger partial charge in [0.2, 0.25) is 0 Å². The van der Waals surface area contributed by atoms with Crippen LogP contribution in [0.5, 0.6) is 0 Å². The molecule has 0 spiro atoms. The Hall–Kier alpha value is -2.44. The fraction of sp³-hybridized carbons (Fsp3) is 0.412. The Kier molecular flexibility index (Phi) is 6.72. The Balaban J connectivity index is 1.74. The number of carbonyl (C=O) groups is 1. The van der Waals surface area contributed by atoms with Crippen molar-refractivity contribution in [3.05, 3.63) is 54.1 Å². The van der Waals surface area contributed by atoms with Crippen LogP contribution < -0.4 is 10.6 Å². The number of unbranched alkanes of at least 4 members (excludes halogenated alkanes) is 1. The lowest BCUT2D eigenvalue weighted by Crippen LogP contribution is -2.38. The number of rotatable bonds is 8. The first-order valence-electron chi connectivity index (χ1n) is 8.05. The Morgan fingerprint density at radius 3 is 2.88 bits per heavy atom. The molecule has 0 unspecified atom stereocenters. The van der Waals surface area contributed by atoms with Crippen LogP contribution in [-0.2, 0) is 6.54 Å². The third-order valence-electron chi connectivity index (χ3n) is 3.73. The second kappa shape index (κ2) is 9.00. The van der Waals surface area contributed by atoms with Gasteiger partial charge in [-0.25, -0.2) is 18.6 Å². The van der Waals surface area contributed by atoms with Gasteiger partial charge in [0.25, 0.3) is 0 Å². The van der Waals surface area contributed by atoms with Crippen molar-refractivity contribution in [2.24, 2.45) is 0 Å². The standard InChI is InChI=1S/C17H22F2N4O/c1-2-16(14-11-13(18)5-6-15(14)19)22-17(24)21-7-3-4-9-23-10-8-20-12-23/h5-6,8,10-12,16H,2-4,7,9H2,1H3,(H2,21,22,24)/t16-/m0/s1. The molecule has 1 atom stereocenters. The first kappa shape index (κ1) is 17.9. The van der Waals surface area contributed by atoms with Gasteiger partial charge in [0.05, 0.1) is 12.4 Å². The molecule has 0 aliphatic rings. The molecule has 2 aromatic rings. The molecule has 1 aromatic heterocycles. The third-order valence-corrected chi connectivity index (χ3v) is 3.73. The van der Waals surface area contributed by atoms with Crippen LogP contribution in [-0.4, -0.2) is 22.1 Å². The van der Waals surface area contributed by atoms with E-state index in [0.717, 1.165) is 37.6 Å². The van der Waals surface area contributed by atoms with Crippen molar-refractivity contribution < 1.29 is 13.6 Å². The third kappa shape index (κ3) is 5.33. The number of benzene rings is 1. The molecule has 130 valence electrons. The van der Waals surface area contributed by atoms with Crippen LogP contribution in [0.15, 0.2) is 36.9 Å². The molecular weight excluding hydrogens is 314 g/mol. The summed E-state index contributed by atoms with van der Waals surface area (Å²) in [6, 6.07) is 2.31. The molecule has 2 N–H and O–H groups in total. The van der Waals surface area contributed by atoms with Crippen LogP contribution in [0.4, 0.5) is 13.6 Å². The summed E-state index contributed by atoms with van der Waals surface area (Å²) >= 11 is 0. The minimum absolute atomic E-state index is 0.160. The van der Waals surface area contributed by atoms with E-state index >= 15 is 0 Å². The summed E-state index contributed by atoms with van der Waals surface area (Å²) in [4.78, 5) is 15.9. The van der Waals surface area contributed by atoms with Crippen molar-refractivity contribution in [1.29, 1.82) is 0 Å². The lowest BCUT2D eigenvalue weighted by molar-refractivity contribution is 0.236. The number of nitrogens with zero attached hydrogens (tertiary/aromatic N) is 2. The highest BCUT2D eigenvalue weighted by atomic mass is 19.1. The molecule has 0 saturated heterocycles. The van der Waals surface area contributed by atoms with Gasteiger partial charge in [-0.05, 0) is 37.5 Å². The van der Waals surface area contributed by atoms with Crippen LogP contribution >= 0.6 is 0 Å². The number of imidazole rings is 1. The Labute approximate surface area is 140 Å². The number of aromatic nitrogens is 2. The van der Waals surface area contributed by atoms with Gasteiger partial charge in [0.15, 0.2) is 0 Å². The molecule has 0 aliphatic carbocycles. The molecule has 0 radical (unpaired) electrons. The quantitative estimate of drug-likeness (QED) is 0.726. The van der Waals surface area contributed by atoms with E-state index in [0.29, 0.717) is 13.0 Å². The highest BCUT2D eigenvalue weighted by molar-refractivity contribution is 5.74. The van der Waals surface area contributed by atoms with E-state index in [-0.39, 0.29) is 11.6 Å².